The number of halogens is 2. The van der Waals surface area contributed by atoms with Crippen LogP contribution in [0.15, 0.2) is 60.7 Å². The number of aliphatic carboxylic acids is 1. The molecule has 0 spiro atoms. The van der Waals surface area contributed by atoms with Crippen molar-refractivity contribution in [3.63, 3.8) is 0 Å². The molecule has 2 N–H and O–H groups in total. The minimum Gasteiger partial charge on any atom is -0.481 e. The Balaban J connectivity index is 1.80. The molecule has 0 bridgehead atoms. The Kier molecular flexibility index (Phi) is 8.25. The number of fused-ring (bicyclic) bond motifs is 3. The van der Waals surface area contributed by atoms with Crippen LogP contribution in [0.3, 0.4) is 0 Å². The zero-order valence-electron chi connectivity index (χ0n) is 25.0. The number of amides is 1. The molecular formula is C35H34F2N2O3S. The number of carbonyl (C=O) groups is 2. The van der Waals surface area contributed by atoms with Gasteiger partial charge in [-0.15, -0.1) is 10.7 Å². The van der Waals surface area contributed by atoms with Crippen LogP contribution in [-0.4, -0.2) is 28.6 Å². The molecule has 1 aliphatic rings. The minimum absolute atomic E-state index is 0.0273. The van der Waals surface area contributed by atoms with Gasteiger partial charge in [0.2, 0.25) is 0 Å². The zero-order valence-corrected chi connectivity index (χ0v) is 25.8. The summed E-state index contributed by atoms with van der Waals surface area (Å²) in [6, 6.07) is 16.4. The van der Waals surface area contributed by atoms with E-state index in [1.165, 1.54) is 24.3 Å². The van der Waals surface area contributed by atoms with Gasteiger partial charge in [-0.3, -0.25) is 9.59 Å². The molecule has 4 aromatic carbocycles. The standard InChI is InChI=1S/C35H34F2N2O3S/c1-7-43(6)39-22(5)25-16-27(35(42)38-30-11-9-8-10-28(30)36)29(37)17-26(25)33-21(4)32(23-14-12-19(2)13-15-23)24(18-31(40)41)20(3)34(33)39/h7-17,22H,18H2,1-6H3,(H,38,42)(H,40,41)/t22-,43?/m0/s1. The number of nitrogens with one attached hydrogen (secondary N) is 1. The maximum atomic E-state index is 15.9. The Bertz CT molecular complexity index is 1820. The largest absolute Gasteiger partial charge is 0.481 e. The van der Waals surface area contributed by atoms with E-state index in [0.29, 0.717) is 5.56 Å². The van der Waals surface area contributed by atoms with Crippen molar-refractivity contribution < 1.29 is 23.5 Å². The van der Waals surface area contributed by atoms with Gasteiger partial charge in [0.15, 0.2) is 0 Å². The van der Waals surface area contributed by atoms with Crippen molar-refractivity contribution in [3.05, 3.63) is 106 Å². The van der Waals surface area contributed by atoms with Crippen LogP contribution in [0.4, 0.5) is 20.2 Å². The highest BCUT2D eigenvalue weighted by Gasteiger charge is 2.36. The molecule has 0 saturated heterocycles. The first kappa shape index (κ1) is 30.2. The number of carbonyl (C=O) groups excluding carboxylic acids is 1. The van der Waals surface area contributed by atoms with Crippen LogP contribution in [0.5, 0.6) is 0 Å². The van der Waals surface area contributed by atoms with Crippen molar-refractivity contribution in [2.24, 2.45) is 0 Å². The monoisotopic (exact) mass is 600 g/mol. The molecule has 0 radical (unpaired) electrons. The van der Waals surface area contributed by atoms with Gasteiger partial charge in [-0.25, -0.2) is 8.78 Å². The number of benzene rings is 4. The summed E-state index contributed by atoms with van der Waals surface area (Å²) in [7, 11) is -0.396. The third-order valence-corrected chi connectivity index (χ3v) is 10.0. The second-order valence-corrected chi connectivity index (χ2v) is 12.8. The van der Waals surface area contributed by atoms with Gasteiger partial charge in [-0.1, -0.05) is 42.0 Å². The molecule has 2 atom stereocenters. The molecule has 1 aliphatic heterocycles. The predicted molar refractivity (Wildman–Crippen MR) is 173 cm³/mol. The third kappa shape index (κ3) is 5.36. The van der Waals surface area contributed by atoms with Gasteiger partial charge in [0.1, 0.15) is 11.6 Å². The van der Waals surface area contributed by atoms with Crippen molar-refractivity contribution in [2.45, 2.75) is 47.1 Å². The normalized spacial score (nSPS) is 14.7. The van der Waals surface area contributed by atoms with Crippen LogP contribution in [0.1, 0.15) is 58.1 Å². The molecule has 1 unspecified atom stereocenters. The third-order valence-electron chi connectivity index (χ3n) is 8.21. The molecule has 5 nitrogen and oxygen atoms in total. The highest BCUT2D eigenvalue weighted by Crippen LogP contribution is 2.55. The van der Waals surface area contributed by atoms with Gasteiger partial charge in [0.25, 0.3) is 5.91 Å². The first-order valence-corrected chi connectivity index (χ1v) is 15.7. The molecule has 0 fully saturated rings. The summed E-state index contributed by atoms with van der Waals surface area (Å²) in [6.07, 6.45) is 1.93. The Morgan fingerprint density at radius 3 is 2.28 bits per heavy atom. The lowest BCUT2D eigenvalue weighted by atomic mass is 9.79. The Morgan fingerprint density at radius 1 is 0.977 bits per heavy atom. The van der Waals surface area contributed by atoms with Crippen LogP contribution >= 0.6 is 10.7 Å². The molecule has 0 aliphatic carbocycles. The number of anilines is 2. The predicted octanol–water partition coefficient (Wildman–Crippen LogP) is 8.62. The molecule has 1 amide bonds. The first-order valence-electron chi connectivity index (χ1n) is 14.0. The number of carboxylic acids is 1. The van der Waals surface area contributed by atoms with E-state index in [1.54, 1.807) is 12.1 Å². The summed E-state index contributed by atoms with van der Waals surface area (Å²) in [4.78, 5) is 25.4. The van der Waals surface area contributed by atoms with E-state index < -0.39 is 34.2 Å². The maximum Gasteiger partial charge on any atom is 0.307 e. The Labute approximate surface area is 253 Å². The lowest BCUT2D eigenvalue weighted by Gasteiger charge is -2.42. The van der Waals surface area contributed by atoms with Crippen LogP contribution in [0.25, 0.3) is 22.3 Å². The molecule has 0 aromatic heterocycles. The first-order chi connectivity index (χ1) is 20.4. The average Bonchev–Trinajstić information content (AvgIpc) is 2.96. The van der Waals surface area contributed by atoms with Gasteiger partial charge in [0.05, 0.1) is 29.4 Å². The lowest BCUT2D eigenvalue weighted by Crippen LogP contribution is -2.29. The zero-order chi connectivity index (χ0) is 31.2. The molecular weight excluding hydrogens is 566 g/mol. The van der Waals surface area contributed by atoms with Gasteiger partial charge in [0, 0.05) is 5.56 Å². The van der Waals surface area contributed by atoms with Crippen molar-refractivity contribution >= 4 is 39.3 Å². The van der Waals surface area contributed by atoms with Gasteiger partial charge >= 0.3 is 5.97 Å². The number of hydrogen-bond donors (Lipinski definition) is 2. The van der Waals surface area contributed by atoms with Crippen LogP contribution in [0, 0.1) is 32.4 Å². The van der Waals surface area contributed by atoms with E-state index in [2.05, 4.69) is 21.2 Å². The molecule has 1 heterocycles. The highest BCUT2D eigenvalue weighted by molar-refractivity contribution is 8.15. The smallest absolute Gasteiger partial charge is 0.307 e. The number of hydrogen-bond acceptors (Lipinski definition) is 3. The molecule has 0 saturated carbocycles. The second kappa shape index (κ2) is 11.8. The van der Waals surface area contributed by atoms with Crippen molar-refractivity contribution in [3.8, 4) is 22.3 Å². The van der Waals surface area contributed by atoms with Crippen LogP contribution in [-0.2, 0) is 11.2 Å². The number of nitrogens with zero attached hydrogens (tertiary/aromatic N) is 1. The Morgan fingerprint density at radius 2 is 1.65 bits per heavy atom. The fourth-order valence-corrected chi connectivity index (χ4v) is 7.40. The van der Waals surface area contributed by atoms with Gasteiger partial charge in [-0.05, 0) is 109 Å². The van der Waals surface area contributed by atoms with E-state index in [9.17, 15) is 19.1 Å². The molecule has 4 aromatic rings. The van der Waals surface area contributed by atoms with Crippen molar-refractivity contribution in [1.29, 1.82) is 0 Å². The van der Waals surface area contributed by atoms with Crippen LogP contribution in [0.2, 0.25) is 0 Å². The number of para-hydroxylation sites is 1. The maximum absolute atomic E-state index is 15.9. The Hall–Kier alpha value is -4.30. The van der Waals surface area contributed by atoms with E-state index in [-0.39, 0.29) is 23.7 Å². The van der Waals surface area contributed by atoms with E-state index in [4.69, 9.17) is 0 Å². The lowest BCUT2D eigenvalue weighted by molar-refractivity contribution is -0.136. The fourth-order valence-electron chi connectivity index (χ4n) is 6.04. The van der Waals surface area contributed by atoms with E-state index >= 15 is 4.39 Å². The van der Waals surface area contributed by atoms with E-state index in [1.807, 2.05) is 58.9 Å². The average molecular weight is 601 g/mol. The highest BCUT2D eigenvalue weighted by atomic mass is 32.2. The summed E-state index contributed by atoms with van der Waals surface area (Å²) < 4.78 is 32.4. The van der Waals surface area contributed by atoms with E-state index in [0.717, 1.165) is 50.2 Å². The number of carboxylic acid groups (broad SMARTS) is 1. The quantitative estimate of drug-likeness (QED) is 0.218. The molecule has 8 heteroatoms. The molecule has 5 rings (SSSR count). The van der Waals surface area contributed by atoms with Crippen molar-refractivity contribution in [1.82, 2.24) is 0 Å². The molecule has 43 heavy (non-hydrogen) atoms. The van der Waals surface area contributed by atoms with Gasteiger partial charge < -0.3 is 14.7 Å². The number of aryl methyl sites for hydroxylation is 1. The minimum atomic E-state index is -0.930. The fraction of sp³-hybridized carbons (Fsp3) is 0.229. The summed E-state index contributed by atoms with van der Waals surface area (Å²) in [6.45, 7) is 9.87. The van der Waals surface area contributed by atoms with Crippen molar-refractivity contribution in [2.75, 3.05) is 15.9 Å². The second-order valence-electron chi connectivity index (χ2n) is 10.9. The summed E-state index contributed by atoms with van der Waals surface area (Å²) in [5.41, 5.74) is 8.08. The van der Waals surface area contributed by atoms with Crippen LogP contribution < -0.4 is 9.62 Å². The SMILES string of the molecule is C/C=S(/C)N1c2c(C)c(CC(=O)O)c(-c3ccc(C)cc3)c(C)c2-c2cc(F)c(C(=O)Nc3ccccc3F)cc2[C@@H]1C. The summed E-state index contributed by atoms with van der Waals surface area (Å²) >= 11 is 0. The molecule has 222 valence electrons. The topological polar surface area (TPSA) is 69.6 Å². The van der Waals surface area contributed by atoms with Gasteiger partial charge in [-0.2, -0.15) is 0 Å². The number of rotatable bonds is 6. The summed E-state index contributed by atoms with van der Waals surface area (Å²) in [5.74, 6) is -3.00. The summed E-state index contributed by atoms with van der Waals surface area (Å²) in [5, 5.41) is 14.5.